The van der Waals surface area contributed by atoms with Gasteiger partial charge in [-0.25, -0.2) is 4.39 Å². The minimum Gasteiger partial charge on any atom is -0.356 e. The van der Waals surface area contributed by atoms with Gasteiger partial charge in [0.2, 0.25) is 0 Å². The summed E-state index contributed by atoms with van der Waals surface area (Å²) in [5.74, 6) is -0.186. The van der Waals surface area contributed by atoms with Crippen molar-refractivity contribution in [1.82, 2.24) is 10.3 Å². The number of fused-ring (bicyclic) bond motifs is 3. The van der Waals surface area contributed by atoms with Crippen LogP contribution in [-0.2, 0) is 13.0 Å². The molecule has 4 heteroatoms. The summed E-state index contributed by atoms with van der Waals surface area (Å²) in [5.41, 5.74) is 5.04. The van der Waals surface area contributed by atoms with E-state index in [0.717, 1.165) is 29.4 Å². The van der Waals surface area contributed by atoms with Crippen molar-refractivity contribution in [2.24, 2.45) is 0 Å². The lowest BCUT2D eigenvalue weighted by Gasteiger charge is -2.24. The number of aromatic amines is 1. The number of halogens is 2. The van der Waals surface area contributed by atoms with Crippen LogP contribution < -0.4 is 5.32 Å². The van der Waals surface area contributed by atoms with E-state index in [9.17, 15) is 4.39 Å². The Bertz CT molecular complexity index is 838. The standard InChI is InChI=1S/C19H18BrFN2/c20-16-5-1-3-14-15-4-2-6-17(19(15)23-18(14)16)22-11-12-7-9-13(21)10-8-12/h1,3,5,7-10,17,22-23H,2,4,6,11H2. The van der Waals surface area contributed by atoms with Crippen molar-refractivity contribution >= 4 is 26.8 Å². The average molecular weight is 373 g/mol. The molecular weight excluding hydrogens is 355 g/mol. The number of aromatic nitrogens is 1. The number of para-hydroxylation sites is 1. The van der Waals surface area contributed by atoms with Crippen LogP contribution in [0.4, 0.5) is 4.39 Å². The van der Waals surface area contributed by atoms with E-state index < -0.39 is 0 Å². The number of hydrogen-bond donors (Lipinski definition) is 2. The molecule has 0 amide bonds. The Labute approximate surface area is 143 Å². The van der Waals surface area contributed by atoms with Crippen molar-refractivity contribution in [3.05, 3.63) is 69.6 Å². The van der Waals surface area contributed by atoms with Gasteiger partial charge in [0, 0.05) is 28.1 Å². The highest BCUT2D eigenvalue weighted by Gasteiger charge is 2.24. The molecule has 1 aliphatic rings. The predicted molar refractivity (Wildman–Crippen MR) is 94.9 cm³/mol. The fourth-order valence-electron chi connectivity index (χ4n) is 3.50. The van der Waals surface area contributed by atoms with Crippen molar-refractivity contribution in [2.75, 3.05) is 0 Å². The predicted octanol–water partition coefficient (Wildman–Crippen LogP) is 5.24. The highest BCUT2D eigenvalue weighted by molar-refractivity contribution is 9.10. The Hall–Kier alpha value is -1.65. The molecule has 1 heterocycles. The van der Waals surface area contributed by atoms with Gasteiger partial charge in [0.1, 0.15) is 5.82 Å². The van der Waals surface area contributed by atoms with Crippen molar-refractivity contribution in [3.8, 4) is 0 Å². The smallest absolute Gasteiger partial charge is 0.123 e. The molecular formula is C19H18BrFN2. The van der Waals surface area contributed by atoms with E-state index >= 15 is 0 Å². The Morgan fingerprint density at radius 3 is 2.83 bits per heavy atom. The van der Waals surface area contributed by atoms with Crippen molar-refractivity contribution in [3.63, 3.8) is 0 Å². The Kier molecular flexibility index (Phi) is 3.95. The maximum absolute atomic E-state index is 13.0. The molecule has 23 heavy (non-hydrogen) atoms. The van der Waals surface area contributed by atoms with Crippen LogP contribution in [0.3, 0.4) is 0 Å². The zero-order valence-corrected chi connectivity index (χ0v) is 14.3. The zero-order valence-electron chi connectivity index (χ0n) is 12.7. The number of H-pyrrole nitrogens is 1. The molecule has 1 aromatic heterocycles. The molecule has 3 aromatic rings. The van der Waals surface area contributed by atoms with Crippen LogP contribution in [-0.4, -0.2) is 4.98 Å². The van der Waals surface area contributed by atoms with Crippen LogP contribution in [0.1, 0.15) is 35.7 Å². The van der Waals surface area contributed by atoms with Crippen LogP contribution >= 0.6 is 15.9 Å². The first-order valence-corrected chi connectivity index (χ1v) is 8.78. The molecule has 0 aliphatic heterocycles. The van der Waals surface area contributed by atoms with E-state index in [1.807, 2.05) is 12.1 Å². The van der Waals surface area contributed by atoms with E-state index in [4.69, 9.17) is 0 Å². The number of rotatable bonds is 3. The van der Waals surface area contributed by atoms with Gasteiger partial charge in [0.05, 0.1) is 5.52 Å². The third-order valence-corrected chi connectivity index (χ3v) is 5.32. The fourth-order valence-corrected chi connectivity index (χ4v) is 3.96. The minimum absolute atomic E-state index is 0.186. The summed E-state index contributed by atoms with van der Waals surface area (Å²) in [6.45, 7) is 0.751. The van der Waals surface area contributed by atoms with Gasteiger partial charge in [-0.1, -0.05) is 24.3 Å². The van der Waals surface area contributed by atoms with E-state index in [1.165, 1.54) is 40.7 Å². The van der Waals surface area contributed by atoms with E-state index in [0.29, 0.717) is 6.04 Å². The second-order valence-electron chi connectivity index (χ2n) is 6.13. The molecule has 4 rings (SSSR count). The Balaban J connectivity index is 1.61. The highest BCUT2D eigenvalue weighted by Crippen LogP contribution is 2.37. The van der Waals surface area contributed by atoms with Gasteiger partial charge in [0.15, 0.2) is 0 Å². The monoisotopic (exact) mass is 372 g/mol. The quantitative estimate of drug-likeness (QED) is 0.646. The van der Waals surface area contributed by atoms with Crippen LogP contribution in [0.25, 0.3) is 10.9 Å². The maximum Gasteiger partial charge on any atom is 0.123 e. The van der Waals surface area contributed by atoms with Crippen LogP contribution in [0, 0.1) is 5.82 Å². The topological polar surface area (TPSA) is 27.8 Å². The highest BCUT2D eigenvalue weighted by atomic mass is 79.9. The molecule has 1 unspecified atom stereocenters. The second kappa shape index (κ2) is 6.10. The van der Waals surface area contributed by atoms with Gasteiger partial charge >= 0.3 is 0 Å². The third kappa shape index (κ3) is 2.81. The molecule has 118 valence electrons. The molecule has 0 fully saturated rings. The van der Waals surface area contributed by atoms with Gasteiger partial charge in [-0.2, -0.15) is 0 Å². The molecule has 0 spiro atoms. The normalized spacial score (nSPS) is 17.4. The van der Waals surface area contributed by atoms with Crippen molar-refractivity contribution in [1.29, 1.82) is 0 Å². The lowest BCUT2D eigenvalue weighted by Crippen LogP contribution is -2.24. The molecule has 1 atom stereocenters. The number of hydrogen-bond acceptors (Lipinski definition) is 1. The van der Waals surface area contributed by atoms with Crippen LogP contribution in [0.5, 0.6) is 0 Å². The molecule has 0 saturated heterocycles. The van der Waals surface area contributed by atoms with Crippen LogP contribution in [0.15, 0.2) is 46.9 Å². The number of benzene rings is 2. The van der Waals surface area contributed by atoms with Gasteiger partial charge in [-0.3, -0.25) is 0 Å². The summed E-state index contributed by atoms with van der Waals surface area (Å²) >= 11 is 3.64. The fraction of sp³-hybridized carbons (Fsp3) is 0.263. The number of nitrogens with one attached hydrogen (secondary N) is 2. The van der Waals surface area contributed by atoms with E-state index in [-0.39, 0.29) is 5.82 Å². The first-order valence-electron chi connectivity index (χ1n) is 7.99. The van der Waals surface area contributed by atoms with Gasteiger partial charge in [0.25, 0.3) is 0 Å². The van der Waals surface area contributed by atoms with Crippen molar-refractivity contribution < 1.29 is 4.39 Å². The zero-order chi connectivity index (χ0) is 15.8. The number of aryl methyl sites for hydroxylation is 1. The van der Waals surface area contributed by atoms with Gasteiger partial charge in [-0.15, -0.1) is 0 Å². The summed E-state index contributed by atoms with van der Waals surface area (Å²) in [6.07, 6.45) is 3.44. The molecule has 1 aliphatic carbocycles. The average Bonchev–Trinajstić information content (AvgIpc) is 2.95. The van der Waals surface area contributed by atoms with Gasteiger partial charge < -0.3 is 10.3 Å². The summed E-state index contributed by atoms with van der Waals surface area (Å²) < 4.78 is 14.1. The largest absolute Gasteiger partial charge is 0.356 e. The summed E-state index contributed by atoms with van der Waals surface area (Å²) in [7, 11) is 0. The molecule has 2 aromatic carbocycles. The van der Waals surface area contributed by atoms with E-state index in [2.05, 4.69) is 44.4 Å². The molecule has 2 nitrogen and oxygen atoms in total. The minimum atomic E-state index is -0.186. The summed E-state index contributed by atoms with van der Waals surface area (Å²) in [5, 5.41) is 4.95. The lowest BCUT2D eigenvalue weighted by atomic mass is 9.91. The molecule has 0 radical (unpaired) electrons. The summed E-state index contributed by atoms with van der Waals surface area (Å²) in [6, 6.07) is 13.4. The van der Waals surface area contributed by atoms with Crippen molar-refractivity contribution in [2.45, 2.75) is 31.8 Å². The Morgan fingerprint density at radius 2 is 2.00 bits per heavy atom. The van der Waals surface area contributed by atoms with Gasteiger partial charge in [-0.05, 0) is 64.5 Å². The maximum atomic E-state index is 13.0. The lowest BCUT2D eigenvalue weighted by molar-refractivity contribution is 0.452. The first kappa shape index (κ1) is 14.9. The Morgan fingerprint density at radius 1 is 1.17 bits per heavy atom. The summed E-state index contributed by atoms with van der Waals surface area (Å²) in [4.78, 5) is 3.61. The molecule has 0 saturated carbocycles. The van der Waals surface area contributed by atoms with Crippen LogP contribution in [0.2, 0.25) is 0 Å². The second-order valence-corrected chi connectivity index (χ2v) is 6.99. The van der Waals surface area contributed by atoms with E-state index in [1.54, 1.807) is 0 Å². The molecule has 0 bridgehead atoms. The first-order chi connectivity index (χ1) is 11.2. The SMILES string of the molecule is Fc1ccc(CNC2CCCc3c2[nH]c2c(Br)cccc32)cc1. The third-order valence-electron chi connectivity index (χ3n) is 4.66. The molecule has 2 N–H and O–H groups in total.